The minimum atomic E-state index is -0.588. The highest BCUT2D eigenvalue weighted by Gasteiger charge is 2.10. The Balaban J connectivity index is 2.68. The van der Waals surface area contributed by atoms with Gasteiger partial charge in [0, 0.05) is 0 Å². The van der Waals surface area contributed by atoms with E-state index in [1.54, 1.807) is 6.92 Å². The molecule has 3 nitrogen and oxygen atoms in total. The summed E-state index contributed by atoms with van der Waals surface area (Å²) >= 11 is 0. The number of hydrogen-bond acceptors (Lipinski definition) is 2. The maximum Gasteiger partial charge on any atom is 0.258 e. The summed E-state index contributed by atoms with van der Waals surface area (Å²) in [4.78, 5) is 10.8. The molecule has 1 rings (SSSR count). The van der Waals surface area contributed by atoms with E-state index >= 15 is 0 Å². The van der Waals surface area contributed by atoms with Crippen molar-refractivity contribution in [3.8, 4) is 5.75 Å². The molecule has 0 aliphatic carbocycles. The van der Waals surface area contributed by atoms with Gasteiger partial charge >= 0.3 is 0 Å². The van der Waals surface area contributed by atoms with Gasteiger partial charge in [0.2, 0.25) is 0 Å². The molecule has 0 saturated heterocycles. The summed E-state index contributed by atoms with van der Waals surface area (Å²) in [5.74, 6) is 0.770. The summed E-state index contributed by atoms with van der Waals surface area (Å²) in [7, 11) is 0. The van der Waals surface area contributed by atoms with Crippen LogP contribution in [0.1, 0.15) is 38.7 Å². The van der Waals surface area contributed by atoms with Crippen molar-refractivity contribution in [2.24, 2.45) is 5.73 Å². The third kappa shape index (κ3) is 3.26. The van der Waals surface area contributed by atoms with Gasteiger partial charge in [-0.3, -0.25) is 4.79 Å². The Morgan fingerprint density at radius 2 is 1.88 bits per heavy atom. The standard InChI is InChI=1S/C13H19NO2/c1-4-9(2)11-5-7-12(8-6-11)16-10(3)13(14)15/h5-10H,4H2,1-3H3,(H2,14,15)/t9-,10+/m1/s1. The predicted octanol–water partition coefficient (Wildman–Crippen LogP) is 2.45. The van der Waals surface area contributed by atoms with E-state index < -0.39 is 12.0 Å². The third-order valence-electron chi connectivity index (χ3n) is 2.78. The average Bonchev–Trinajstić information content (AvgIpc) is 2.28. The number of rotatable bonds is 5. The average molecular weight is 221 g/mol. The summed E-state index contributed by atoms with van der Waals surface area (Å²) < 4.78 is 5.37. The van der Waals surface area contributed by atoms with Crippen LogP contribution in [-0.4, -0.2) is 12.0 Å². The maximum absolute atomic E-state index is 10.8. The van der Waals surface area contributed by atoms with Crippen molar-refractivity contribution >= 4 is 5.91 Å². The molecule has 0 aliphatic rings. The van der Waals surface area contributed by atoms with Crippen LogP contribution in [0.2, 0.25) is 0 Å². The lowest BCUT2D eigenvalue weighted by molar-refractivity contribution is -0.123. The van der Waals surface area contributed by atoms with Crippen LogP contribution < -0.4 is 10.5 Å². The molecule has 1 aromatic carbocycles. The Hall–Kier alpha value is -1.51. The van der Waals surface area contributed by atoms with Gasteiger partial charge in [0.15, 0.2) is 6.10 Å². The lowest BCUT2D eigenvalue weighted by Gasteiger charge is -2.13. The monoisotopic (exact) mass is 221 g/mol. The van der Waals surface area contributed by atoms with Crippen molar-refractivity contribution in [2.45, 2.75) is 39.2 Å². The van der Waals surface area contributed by atoms with Crippen molar-refractivity contribution in [3.05, 3.63) is 29.8 Å². The Morgan fingerprint density at radius 1 is 1.31 bits per heavy atom. The highest BCUT2D eigenvalue weighted by atomic mass is 16.5. The number of amides is 1. The van der Waals surface area contributed by atoms with Crippen LogP contribution in [0.4, 0.5) is 0 Å². The first kappa shape index (κ1) is 12.6. The molecule has 2 atom stereocenters. The number of carbonyl (C=O) groups excluding carboxylic acids is 1. The lowest BCUT2D eigenvalue weighted by atomic mass is 9.99. The van der Waals surface area contributed by atoms with Crippen molar-refractivity contribution in [2.75, 3.05) is 0 Å². The molecule has 3 heteroatoms. The molecular weight excluding hydrogens is 202 g/mol. The van der Waals surface area contributed by atoms with Crippen molar-refractivity contribution in [1.29, 1.82) is 0 Å². The minimum Gasteiger partial charge on any atom is -0.481 e. The topological polar surface area (TPSA) is 52.3 Å². The second kappa shape index (κ2) is 5.54. The number of ether oxygens (including phenoxy) is 1. The largest absolute Gasteiger partial charge is 0.481 e. The van der Waals surface area contributed by atoms with E-state index in [2.05, 4.69) is 13.8 Å². The fourth-order valence-corrected chi connectivity index (χ4v) is 1.37. The van der Waals surface area contributed by atoms with Crippen molar-refractivity contribution in [1.82, 2.24) is 0 Å². The van der Waals surface area contributed by atoms with E-state index in [4.69, 9.17) is 10.5 Å². The molecule has 0 spiro atoms. The first-order valence-electron chi connectivity index (χ1n) is 5.60. The molecule has 0 saturated carbocycles. The highest BCUT2D eigenvalue weighted by Crippen LogP contribution is 2.21. The normalized spacial score (nSPS) is 14.2. The number of nitrogens with two attached hydrogens (primary N) is 1. The zero-order valence-corrected chi connectivity index (χ0v) is 10.1. The molecule has 0 aliphatic heterocycles. The zero-order chi connectivity index (χ0) is 12.1. The van der Waals surface area contributed by atoms with Gasteiger partial charge in [-0.05, 0) is 37.0 Å². The van der Waals surface area contributed by atoms with Crippen LogP contribution in [0.3, 0.4) is 0 Å². The van der Waals surface area contributed by atoms with Gasteiger partial charge < -0.3 is 10.5 Å². The summed E-state index contributed by atoms with van der Waals surface area (Å²) in [6.07, 6.45) is 0.521. The molecule has 16 heavy (non-hydrogen) atoms. The summed E-state index contributed by atoms with van der Waals surface area (Å²) in [5, 5.41) is 0. The van der Waals surface area contributed by atoms with Gasteiger partial charge in [-0.2, -0.15) is 0 Å². The van der Waals surface area contributed by atoms with Gasteiger partial charge in [-0.25, -0.2) is 0 Å². The fourth-order valence-electron chi connectivity index (χ4n) is 1.37. The minimum absolute atomic E-state index is 0.453. The third-order valence-corrected chi connectivity index (χ3v) is 2.78. The molecule has 0 unspecified atom stereocenters. The van der Waals surface area contributed by atoms with E-state index in [0.717, 1.165) is 6.42 Å². The van der Waals surface area contributed by atoms with Gasteiger partial charge in [-0.1, -0.05) is 26.0 Å². The molecule has 0 radical (unpaired) electrons. The first-order valence-corrected chi connectivity index (χ1v) is 5.60. The Bertz CT molecular complexity index is 345. The van der Waals surface area contributed by atoms with Gasteiger partial charge in [0.05, 0.1) is 0 Å². The first-order chi connectivity index (χ1) is 7.54. The molecule has 1 amide bonds. The van der Waals surface area contributed by atoms with E-state index in [0.29, 0.717) is 11.7 Å². The second-order valence-electron chi connectivity index (χ2n) is 4.04. The van der Waals surface area contributed by atoms with E-state index in [1.807, 2.05) is 24.3 Å². The van der Waals surface area contributed by atoms with Crippen molar-refractivity contribution < 1.29 is 9.53 Å². The van der Waals surface area contributed by atoms with E-state index in [9.17, 15) is 4.79 Å². The molecule has 88 valence electrons. The summed E-state index contributed by atoms with van der Waals surface area (Å²) in [5.41, 5.74) is 6.40. The summed E-state index contributed by atoms with van der Waals surface area (Å²) in [6.45, 7) is 5.98. The van der Waals surface area contributed by atoms with E-state index in [1.165, 1.54) is 5.56 Å². The highest BCUT2D eigenvalue weighted by molar-refractivity contribution is 5.78. The fraction of sp³-hybridized carbons (Fsp3) is 0.462. The van der Waals surface area contributed by atoms with Crippen LogP contribution in [0, 0.1) is 0 Å². The van der Waals surface area contributed by atoms with Crippen LogP contribution in [0.25, 0.3) is 0 Å². The van der Waals surface area contributed by atoms with Crippen LogP contribution in [-0.2, 0) is 4.79 Å². The molecule has 0 bridgehead atoms. The quantitative estimate of drug-likeness (QED) is 0.830. The molecule has 2 N–H and O–H groups in total. The van der Waals surface area contributed by atoms with Gasteiger partial charge in [0.25, 0.3) is 5.91 Å². The van der Waals surface area contributed by atoms with Crippen LogP contribution >= 0.6 is 0 Å². The molecule has 0 aromatic heterocycles. The number of benzene rings is 1. The Labute approximate surface area is 96.6 Å². The van der Waals surface area contributed by atoms with E-state index in [-0.39, 0.29) is 0 Å². The Morgan fingerprint density at radius 3 is 2.31 bits per heavy atom. The van der Waals surface area contributed by atoms with Crippen LogP contribution in [0.5, 0.6) is 5.75 Å². The smallest absolute Gasteiger partial charge is 0.258 e. The van der Waals surface area contributed by atoms with Crippen molar-refractivity contribution in [3.63, 3.8) is 0 Å². The maximum atomic E-state index is 10.8. The van der Waals surface area contributed by atoms with Crippen LogP contribution in [0.15, 0.2) is 24.3 Å². The predicted molar refractivity (Wildman–Crippen MR) is 64.4 cm³/mol. The Kier molecular flexibility index (Phi) is 4.35. The van der Waals surface area contributed by atoms with Gasteiger partial charge in [0.1, 0.15) is 5.75 Å². The zero-order valence-electron chi connectivity index (χ0n) is 10.1. The number of hydrogen-bond donors (Lipinski definition) is 1. The molecule has 1 aromatic rings. The number of carbonyl (C=O) groups is 1. The van der Waals surface area contributed by atoms with Gasteiger partial charge in [-0.15, -0.1) is 0 Å². The SMILES string of the molecule is CC[C@@H](C)c1ccc(O[C@@H](C)C(N)=O)cc1. The molecule has 0 heterocycles. The molecular formula is C13H19NO2. The lowest BCUT2D eigenvalue weighted by Crippen LogP contribution is -2.30. The number of primary amides is 1. The molecule has 0 fully saturated rings. The second-order valence-corrected chi connectivity index (χ2v) is 4.04. The summed E-state index contributed by atoms with van der Waals surface area (Å²) in [6, 6.07) is 7.80.